The molecule has 1 N–H and O–H groups in total. The molecule has 0 saturated carbocycles. The smallest absolute Gasteiger partial charge is 0.344 e. The van der Waals surface area contributed by atoms with Crippen LogP contribution in [0.15, 0.2) is 57.7 Å². The van der Waals surface area contributed by atoms with Crippen LogP contribution in [0.4, 0.5) is 0 Å². The van der Waals surface area contributed by atoms with Crippen LogP contribution in [0.3, 0.4) is 0 Å². The number of benzene rings is 2. The first-order valence-corrected chi connectivity index (χ1v) is 9.29. The van der Waals surface area contributed by atoms with Crippen LogP contribution in [-0.4, -0.2) is 23.1 Å². The molecular weight excluding hydrogens is 326 g/mol. The highest BCUT2D eigenvalue weighted by Crippen LogP contribution is 2.30. The molecular formula is C22H23NO3. The minimum absolute atomic E-state index is 0.192. The van der Waals surface area contributed by atoms with Gasteiger partial charge in [0.25, 0.3) is 0 Å². The number of hydrogen-bond acceptors (Lipinski definition) is 4. The van der Waals surface area contributed by atoms with Crippen molar-refractivity contribution in [3.63, 3.8) is 0 Å². The second-order valence-electron chi connectivity index (χ2n) is 6.99. The first-order valence-electron chi connectivity index (χ1n) is 9.29. The summed E-state index contributed by atoms with van der Waals surface area (Å²) in [5, 5.41) is 11.2. The lowest BCUT2D eigenvalue weighted by Crippen LogP contribution is -2.24. The van der Waals surface area contributed by atoms with Crippen molar-refractivity contribution in [2.45, 2.75) is 32.2 Å². The van der Waals surface area contributed by atoms with E-state index in [-0.39, 0.29) is 11.4 Å². The Hall–Kier alpha value is -2.59. The average molecular weight is 349 g/mol. The maximum absolute atomic E-state index is 12.6. The topological polar surface area (TPSA) is 53.7 Å². The molecule has 4 nitrogen and oxygen atoms in total. The third-order valence-corrected chi connectivity index (χ3v) is 5.15. The van der Waals surface area contributed by atoms with Gasteiger partial charge in [0.05, 0.1) is 11.1 Å². The van der Waals surface area contributed by atoms with Gasteiger partial charge in [0.15, 0.2) is 0 Å². The monoisotopic (exact) mass is 349 g/mol. The van der Waals surface area contributed by atoms with Crippen molar-refractivity contribution in [1.29, 1.82) is 0 Å². The summed E-state index contributed by atoms with van der Waals surface area (Å²) in [5.74, 6) is 0.192. The van der Waals surface area contributed by atoms with Crippen LogP contribution in [0.1, 0.15) is 31.2 Å². The van der Waals surface area contributed by atoms with E-state index in [1.807, 2.05) is 42.5 Å². The zero-order valence-corrected chi connectivity index (χ0v) is 14.8. The molecule has 1 fully saturated rings. The summed E-state index contributed by atoms with van der Waals surface area (Å²) in [5.41, 5.74) is 2.22. The van der Waals surface area contributed by atoms with Crippen molar-refractivity contribution in [2.24, 2.45) is 0 Å². The Labute approximate surface area is 152 Å². The van der Waals surface area contributed by atoms with Crippen molar-refractivity contribution in [3.8, 4) is 16.9 Å². The van der Waals surface area contributed by atoms with Gasteiger partial charge in [-0.15, -0.1) is 0 Å². The number of rotatable bonds is 3. The molecule has 1 aliphatic rings. The minimum Gasteiger partial charge on any atom is -0.507 e. The van der Waals surface area contributed by atoms with Gasteiger partial charge in [-0.1, -0.05) is 43.2 Å². The molecule has 4 rings (SSSR count). The summed E-state index contributed by atoms with van der Waals surface area (Å²) in [6.45, 7) is 2.64. The van der Waals surface area contributed by atoms with Gasteiger partial charge in [0.2, 0.25) is 0 Å². The summed E-state index contributed by atoms with van der Waals surface area (Å²) in [6.07, 6.45) is 4.86. The second-order valence-corrected chi connectivity index (χ2v) is 6.99. The lowest BCUT2D eigenvalue weighted by atomic mass is 10.0. The SMILES string of the molecule is O=c1oc2c(CN3CCCCCC3)c(O)ccc2cc1-c1ccccc1. The van der Waals surface area contributed by atoms with E-state index in [2.05, 4.69) is 4.90 Å². The molecule has 0 atom stereocenters. The fourth-order valence-corrected chi connectivity index (χ4v) is 3.72. The summed E-state index contributed by atoms with van der Waals surface area (Å²) in [7, 11) is 0. The largest absolute Gasteiger partial charge is 0.507 e. The fourth-order valence-electron chi connectivity index (χ4n) is 3.72. The van der Waals surface area contributed by atoms with E-state index in [9.17, 15) is 9.90 Å². The molecule has 0 unspecified atom stereocenters. The van der Waals surface area contributed by atoms with Crippen molar-refractivity contribution >= 4 is 11.0 Å². The molecule has 2 aromatic carbocycles. The summed E-state index contributed by atoms with van der Waals surface area (Å²) in [4.78, 5) is 14.9. The standard InChI is InChI=1S/C22H23NO3/c24-20-11-10-17-14-18(16-8-4-3-5-9-16)22(25)26-21(17)19(20)15-23-12-6-1-2-7-13-23/h3-5,8-11,14,24H,1-2,6-7,12-13,15H2. The first-order chi connectivity index (χ1) is 12.7. The maximum Gasteiger partial charge on any atom is 0.344 e. The van der Waals surface area contributed by atoms with Gasteiger partial charge in [0, 0.05) is 11.9 Å². The molecule has 1 aliphatic heterocycles. The maximum atomic E-state index is 12.6. The Balaban J connectivity index is 1.77. The number of likely N-dealkylation sites (tertiary alicyclic amines) is 1. The van der Waals surface area contributed by atoms with Gasteiger partial charge in [-0.3, -0.25) is 4.90 Å². The molecule has 1 saturated heterocycles. The van der Waals surface area contributed by atoms with Crippen molar-refractivity contribution in [3.05, 3.63) is 64.5 Å². The number of phenolic OH excluding ortho intramolecular Hbond substituents is 1. The Morgan fingerprint density at radius 2 is 1.69 bits per heavy atom. The Kier molecular flexibility index (Phi) is 4.76. The van der Waals surface area contributed by atoms with Crippen LogP contribution < -0.4 is 5.63 Å². The van der Waals surface area contributed by atoms with Gasteiger partial charge in [-0.05, 0) is 49.7 Å². The molecule has 4 heteroatoms. The Morgan fingerprint density at radius 1 is 0.962 bits per heavy atom. The molecule has 0 radical (unpaired) electrons. The van der Waals surface area contributed by atoms with Gasteiger partial charge >= 0.3 is 5.63 Å². The molecule has 0 bridgehead atoms. The van der Waals surface area contributed by atoms with Crippen LogP contribution >= 0.6 is 0 Å². The van der Waals surface area contributed by atoms with Gasteiger partial charge in [0.1, 0.15) is 11.3 Å². The number of aromatic hydroxyl groups is 1. The van der Waals surface area contributed by atoms with Gasteiger partial charge in [-0.25, -0.2) is 4.79 Å². The van der Waals surface area contributed by atoms with Crippen LogP contribution in [0.2, 0.25) is 0 Å². The first kappa shape index (κ1) is 16.9. The number of nitrogens with zero attached hydrogens (tertiary/aromatic N) is 1. The van der Waals surface area contributed by atoms with E-state index >= 15 is 0 Å². The molecule has 3 aromatic rings. The van der Waals surface area contributed by atoms with E-state index in [0.717, 1.165) is 24.0 Å². The number of hydrogen-bond donors (Lipinski definition) is 1. The highest BCUT2D eigenvalue weighted by atomic mass is 16.4. The van der Waals surface area contributed by atoms with Crippen LogP contribution in [0.5, 0.6) is 5.75 Å². The zero-order valence-electron chi connectivity index (χ0n) is 14.8. The van der Waals surface area contributed by atoms with Crippen LogP contribution in [0.25, 0.3) is 22.1 Å². The van der Waals surface area contributed by atoms with Crippen molar-refractivity contribution in [2.75, 3.05) is 13.1 Å². The molecule has 0 spiro atoms. The van der Waals surface area contributed by atoms with E-state index in [1.165, 1.54) is 25.7 Å². The quantitative estimate of drug-likeness (QED) is 0.705. The highest BCUT2D eigenvalue weighted by molar-refractivity contribution is 5.85. The highest BCUT2D eigenvalue weighted by Gasteiger charge is 2.17. The van der Waals surface area contributed by atoms with Gasteiger partial charge in [-0.2, -0.15) is 0 Å². The third kappa shape index (κ3) is 3.37. The predicted octanol–water partition coefficient (Wildman–Crippen LogP) is 4.54. The van der Waals surface area contributed by atoms with E-state index < -0.39 is 0 Å². The Morgan fingerprint density at radius 3 is 2.42 bits per heavy atom. The van der Waals surface area contributed by atoms with E-state index in [0.29, 0.717) is 23.3 Å². The average Bonchev–Trinajstić information content (AvgIpc) is 2.93. The zero-order chi connectivity index (χ0) is 17.9. The van der Waals surface area contributed by atoms with Gasteiger partial charge < -0.3 is 9.52 Å². The van der Waals surface area contributed by atoms with E-state index in [1.54, 1.807) is 6.07 Å². The van der Waals surface area contributed by atoms with Crippen LogP contribution in [0, 0.1) is 0 Å². The van der Waals surface area contributed by atoms with Crippen molar-refractivity contribution in [1.82, 2.24) is 4.90 Å². The molecule has 2 heterocycles. The molecule has 0 amide bonds. The minimum atomic E-state index is -0.369. The summed E-state index contributed by atoms with van der Waals surface area (Å²) in [6, 6.07) is 14.9. The summed E-state index contributed by atoms with van der Waals surface area (Å²) >= 11 is 0. The molecule has 26 heavy (non-hydrogen) atoms. The second kappa shape index (κ2) is 7.34. The Bertz CT molecular complexity index is 954. The van der Waals surface area contributed by atoms with E-state index in [4.69, 9.17) is 4.42 Å². The molecule has 1 aromatic heterocycles. The third-order valence-electron chi connectivity index (χ3n) is 5.15. The van der Waals surface area contributed by atoms with Crippen molar-refractivity contribution < 1.29 is 9.52 Å². The molecule has 0 aliphatic carbocycles. The summed E-state index contributed by atoms with van der Waals surface area (Å²) < 4.78 is 5.69. The normalized spacial score (nSPS) is 15.8. The number of phenols is 1. The lowest BCUT2D eigenvalue weighted by molar-refractivity contribution is 0.272. The fraction of sp³-hybridized carbons (Fsp3) is 0.318. The van der Waals surface area contributed by atoms with Crippen LogP contribution in [-0.2, 0) is 6.54 Å². The molecule has 134 valence electrons. The lowest BCUT2D eigenvalue weighted by Gasteiger charge is -2.21. The number of fused-ring (bicyclic) bond motifs is 1. The predicted molar refractivity (Wildman–Crippen MR) is 103 cm³/mol.